The van der Waals surface area contributed by atoms with Gasteiger partial charge >= 0.3 is 0 Å². The van der Waals surface area contributed by atoms with Crippen molar-refractivity contribution in [2.24, 2.45) is 5.10 Å². The van der Waals surface area contributed by atoms with Crippen LogP contribution in [0.25, 0.3) is 0 Å². The maximum atomic E-state index is 11.8. The van der Waals surface area contributed by atoms with Crippen LogP contribution in [0.2, 0.25) is 0 Å². The third-order valence-corrected chi connectivity index (χ3v) is 3.32. The highest BCUT2D eigenvalue weighted by atomic mass is 16.5. The van der Waals surface area contributed by atoms with Gasteiger partial charge in [0.15, 0.2) is 6.61 Å². The molecule has 0 saturated heterocycles. The monoisotopic (exact) mass is 336 g/mol. The van der Waals surface area contributed by atoms with Crippen LogP contribution in [0.15, 0.2) is 53.6 Å². The van der Waals surface area contributed by atoms with Gasteiger partial charge in [-0.1, -0.05) is 37.1 Å². The normalized spacial score (nSPS) is 10.2. The molecule has 2 rings (SSSR count). The van der Waals surface area contributed by atoms with Gasteiger partial charge in [-0.05, 0) is 36.2 Å². The van der Waals surface area contributed by atoms with Gasteiger partial charge in [0.1, 0.15) is 18.1 Å². The molecule has 0 heterocycles. The van der Waals surface area contributed by atoms with Crippen molar-refractivity contribution in [2.45, 2.75) is 13.3 Å². The maximum absolute atomic E-state index is 11.8. The van der Waals surface area contributed by atoms with E-state index in [1.807, 2.05) is 42.5 Å². The standard InChI is InChI=1S/C20H20N2O3/c1-3-13-24-19-8-6-5-7-17(19)14-21-22-20(23)15-25-18-11-9-16(4-2)10-12-18/h1,5-12,14H,4,13,15H2,2H3,(H,22,23)/b21-14-. The molecule has 0 saturated carbocycles. The molecule has 5 nitrogen and oxygen atoms in total. The predicted molar refractivity (Wildman–Crippen MR) is 97.8 cm³/mol. The van der Waals surface area contributed by atoms with E-state index in [2.05, 4.69) is 23.4 Å². The number of amides is 1. The number of hydrogen-bond acceptors (Lipinski definition) is 4. The van der Waals surface area contributed by atoms with Crippen LogP contribution in [-0.4, -0.2) is 25.3 Å². The van der Waals surface area contributed by atoms with Gasteiger partial charge < -0.3 is 9.47 Å². The van der Waals surface area contributed by atoms with Gasteiger partial charge in [0, 0.05) is 5.56 Å². The molecule has 0 fully saturated rings. The topological polar surface area (TPSA) is 59.9 Å². The summed E-state index contributed by atoms with van der Waals surface area (Å²) in [5.74, 6) is 3.30. The number of carbonyl (C=O) groups is 1. The second-order valence-corrected chi connectivity index (χ2v) is 5.11. The molecule has 2 aromatic carbocycles. The van der Waals surface area contributed by atoms with E-state index in [9.17, 15) is 4.79 Å². The third kappa shape index (κ3) is 6.04. The lowest BCUT2D eigenvalue weighted by molar-refractivity contribution is -0.123. The summed E-state index contributed by atoms with van der Waals surface area (Å²) in [4.78, 5) is 11.8. The van der Waals surface area contributed by atoms with Crippen LogP contribution in [0.5, 0.6) is 11.5 Å². The van der Waals surface area contributed by atoms with E-state index in [-0.39, 0.29) is 19.1 Å². The van der Waals surface area contributed by atoms with Crippen LogP contribution in [-0.2, 0) is 11.2 Å². The van der Waals surface area contributed by atoms with Gasteiger partial charge in [0.05, 0.1) is 6.21 Å². The maximum Gasteiger partial charge on any atom is 0.277 e. The first kappa shape index (κ1) is 18.1. The Hall–Kier alpha value is -3.26. The molecule has 2 aromatic rings. The predicted octanol–water partition coefficient (Wildman–Crippen LogP) is 2.79. The van der Waals surface area contributed by atoms with E-state index in [1.54, 1.807) is 6.07 Å². The Bertz CT molecular complexity index is 761. The van der Waals surface area contributed by atoms with Gasteiger partial charge in [-0.3, -0.25) is 4.79 Å². The summed E-state index contributed by atoms with van der Waals surface area (Å²) in [5, 5.41) is 3.91. The first-order valence-corrected chi connectivity index (χ1v) is 7.92. The minimum Gasteiger partial charge on any atom is -0.484 e. The van der Waals surface area contributed by atoms with Crippen molar-refractivity contribution < 1.29 is 14.3 Å². The molecule has 128 valence electrons. The average molecular weight is 336 g/mol. The molecule has 0 radical (unpaired) electrons. The fourth-order valence-corrected chi connectivity index (χ4v) is 2.01. The van der Waals surface area contributed by atoms with E-state index in [1.165, 1.54) is 11.8 Å². The molecule has 0 unspecified atom stereocenters. The van der Waals surface area contributed by atoms with E-state index in [4.69, 9.17) is 15.9 Å². The molecule has 5 heteroatoms. The molecule has 0 aliphatic carbocycles. The Morgan fingerprint density at radius 3 is 2.68 bits per heavy atom. The van der Waals surface area contributed by atoms with Gasteiger partial charge in [-0.25, -0.2) is 5.43 Å². The van der Waals surface area contributed by atoms with Gasteiger partial charge in [-0.15, -0.1) is 6.42 Å². The Kier molecular flexibility index (Phi) is 7.08. The molecule has 0 atom stereocenters. The highest BCUT2D eigenvalue weighted by molar-refractivity contribution is 5.85. The summed E-state index contributed by atoms with van der Waals surface area (Å²) in [6.07, 6.45) is 7.64. The van der Waals surface area contributed by atoms with Gasteiger partial charge in [0.25, 0.3) is 5.91 Å². The number of ether oxygens (including phenoxy) is 2. The van der Waals surface area contributed by atoms with Crippen molar-refractivity contribution in [1.29, 1.82) is 0 Å². The first-order chi connectivity index (χ1) is 12.2. The molecule has 0 aliphatic heterocycles. The summed E-state index contributed by atoms with van der Waals surface area (Å²) in [6.45, 7) is 2.14. The van der Waals surface area contributed by atoms with Crippen LogP contribution < -0.4 is 14.9 Å². The van der Waals surface area contributed by atoms with Crippen molar-refractivity contribution in [2.75, 3.05) is 13.2 Å². The quantitative estimate of drug-likeness (QED) is 0.458. The highest BCUT2D eigenvalue weighted by Crippen LogP contribution is 2.15. The number of carbonyl (C=O) groups excluding carboxylic acids is 1. The second-order valence-electron chi connectivity index (χ2n) is 5.11. The molecule has 1 N–H and O–H groups in total. The lowest BCUT2D eigenvalue weighted by Crippen LogP contribution is -2.24. The van der Waals surface area contributed by atoms with Crippen LogP contribution in [0, 0.1) is 12.3 Å². The number of hydrogen-bond donors (Lipinski definition) is 1. The molecule has 1 amide bonds. The van der Waals surface area contributed by atoms with E-state index in [0.29, 0.717) is 17.1 Å². The fraction of sp³-hybridized carbons (Fsp3) is 0.200. The Labute approximate surface area is 147 Å². The number of hydrazone groups is 1. The summed E-state index contributed by atoms with van der Waals surface area (Å²) in [7, 11) is 0. The van der Waals surface area contributed by atoms with Crippen molar-refractivity contribution in [1.82, 2.24) is 5.43 Å². The van der Waals surface area contributed by atoms with Crippen LogP contribution >= 0.6 is 0 Å². The number of para-hydroxylation sites is 1. The molecule has 0 spiro atoms. The van der Waals surface area contributed by atoms with Crippen molar-refractivity contribution in [3.05, 3.63) is 59.7 Å². The Balaban J connectivity index is 1.83. The average Bonchev–Trinajstić information content (AvgIpc) is 2.66. The highest BCUT2D eigenvalue weighted by Gasteiger charge is 2.03. The number of benzene rings is 2. The summed E-state index contributed by atoms with van der Waals surface area (Å²) < 4.78 is 10.8. The minimum absolute atomic E-state index is 0.113. The van der Waals surface area contributed by atoms with E-state index >= 15 is 0 Å². The van der Waals surface area contributed by atoms with Gasteiger partial charge in [0.2, 0.25) is 0 Å². The van der Waals surface area contributed by atoms with Crippen molar-refractivity contribution in [3.8, 4) is 23.8 Å². The van der Waals surface area contributed by atoms with Crippen LogP contribution in [0.4, 0.5) is 0 Å². The smallest absolute Gasteiger partial charge is 0.277 e. The molecular formula is C20H20N2O3. The molecule has 25 heavy (non-hydrogen) atoms. The fourth-order valence-electron chi connectivity index (χ4n) is 2.01. The van der Waals surface area contributed by atoms with E-state index in [0.717, 1.165) is 6.42 Å². The molecule has 0 aromatic heterocycles. The lowest BCUT2D eigenvalue weighted by atomic mass is 10.2. The summed E-state index contributed by atoms with van der Waals surface area (Å²) >= 11 is 0. The van der Waals surface area contributed by atoms with Gasteiger partial charge in [-0.2, -0.15) is 5.10 Å². The number of aryl methyl sites for hydroxylation is 1. The second kappa shape index (κ2) is 9.78. The largest absolute Gasteiger partial charge is 0.484 e. The summed E-state index contributed by atoms with van der Waals surface area (Å²) in [6, 6.07) is 14.9. The zero-order valence-corrected chi connectivity index (χ0v) is 14.1. The van der Waals surface area contributed by atoms with Crippen LogP contribution in [0.3, 0.4) is 0 Å². The first-order valence-electron chi connectivity index (χ1n) is 7.92. The lowest BCUT2D eigenvalue weighted by Gasteiger charge is -2.06. The Morgan fingerprint density at radius 2 is 1.96 bits per heavy atom. The third-order valence-electron chi connectivity index (χ3n) is 3.32. The number of nitrogens with one attached hydrogen (secondary N) is 1. The number of terminal acetylenes is 1. The molecule has 0 aliphatic rings. The van der Waals surface area contributed by atoms with Crippen molar-refractivity contribution >= 4 is 12.1 Å². The number of nitrogens with zero attached hydrogens (tertiary/aromatic N) is 1. The van der Waals surface area contributed by atoms with Crippen molar-refractivity contribution in [3.63, 3.8) is 0 Å². The van der Waals surface area contributed by atoms with Crippen LogP contribution in [0.1, 0.15) is 18.1 Å². The SMILES string of the molecule is C#CCOc1ccccc1/C=N\NC(=O)COc1ccc(CC)cc1. The minimum atomic E-state index is -0.349. The zero-order valence-electron chi connectivity index (χ0n) is 14.1. The molecular weight excluding hydrogens is 316 g/mol. The summed E-state index contributed by atoms with van der Waals surface area (Å²) in [5.41, 5.74) is 4.35. The van der Waals surface area contributed by atoms with E-state index < -0.39 is 0 Å². The zero-order chi connectivity index (χ0) is 17.9. The number of rotatable bonds is 8. The Morgan fingerprint density at radius 1 is 1.20 bits per heavy atom. The molecule has 0 bridgehead atoms.